The summed E-state index contributed by atoms with van der Waals surface area (Å²) in [5, 5.41) is 0.224. The Labute approximate surface area is 191 Å². The summed E-state index contributed by atoms with van der Waals surface area (Å²) in [4.78, 5) is 11.5. The van der Waals surface area contributed by atoms with Crippen LogP contribution in [0.15, 0.2) is 0 Å². The molecule has 0 unspecified atom stereocenters. The predicted octanol–water partition coefficient (Wildman–Crippen LogP) is 4.59. The number of unbranched alkanes of at least 4 members (excludes halogenated alkanes) is 3. The third-order valence-corrected chi connectivity index (χ3v) is 9.88. The molecule has 0 amide bonds. The van der Waals surface area contributed by atoms with Gasteiger partial charge in [-0.1, -0.05) is 47.0 Å². The average molecular weight is 465 g/mol. The molecule has 0 spiro atoms. The van der Waals surface area contributed by atoms with Gasteiger partial charge in [0, 0.05) is 6.42 Å². The number of rotatable bonds is 21. The molecule has 0 N–H and O–H groups in total. The highest BCUT2D eigenvalue weighted by Crippen LogP contribution is 2.36. The van der Waals surface area contributed by atoms with Gasteiger partial charge in [0.15, 0.2) is 8.32 Å². The Morgan fingerprint density at radius 1 is 0.677 bits per heavy atom. The van der Waals surface area contributed by atoms with E-state index in [4.69, 9.17) is 28.1 Å². The first kappa shape index (κ1) is 30.5. The van der Waals surface area contributed by atoms with Gasteiger partial charge in [0.2, 0.25) is 0 Å². The van der Waals surface area contributed by atoms with E-state index >= 15 is 0 Å². The second-order valence-electron chi connectivity index (χ2n) is 9.09. The fraction of sp³-hybridized carbons (Fsp3) is 0.957. The lowest BCUT2D eigenvalue weighted by molar-refractivity contribution is -0.145. The first-order valence-corrected chi connectivity index (χ1v) is 14.7. The molecule has 7 nitrogen and oxygen atoms in total. The van der Waals surface area contributed by atoms with Gasteiger partial charge in [-0.3, -0.25) is 4.79 Å². The topological polar surface area (TPSA) is 72.5 Å². The van der Waals surface area contributed by atoms with Gasteiger partial charge in [0.25, 0.3) is 0 Å². The van der Waals surface area contributed by atoms with Crippen molar-refractivity contribution in [1.29, 1.82) is 0 Å². The van der Waals surface area contributed by atoms with Crippen molar-refractivity contribution in [2.75, 3.05) is 66.1 Å². The number of hydrogen-bond donors (Lipinski definition) is 0. The van der Waals surface area contributed by atoms with Crippen LogP contribution in [0.4, 0.5) is 0 Å². The monoisotopic (exact) mass is 464 g/mol. The van der Waals surface area contributed by atoms with E-state index < -0.39 is 8.32 Å². The van der Waals surface area contributed by atoms with Crippen LogP contribution in [0.25, 0.3) is 0 Å². The summed E-state index contributed by atoms with van der Waals surface area (Å²) >= 11 is 0. The summed E-state index contributed by atoms with van der Waals surface area (Å²) < 4.78 is 33.0. The van der Waals surface area contributed by atoms with E-state index in [0.717, 1.165) is 12.8 Å². The predicted molar refractivity (Wildman–Crippen MR) is 126 cm³/mol. The van der Waals surface area contributed by atoms with Crippen molar-refractivity contribution < 1.29 is 32.9 Å². The number of carbonyl (C=O) groups excluding carboxylic acids is 1. The zero-order chi connectivity index (χ0) is 23.4. The molecule has 8 heteroatoms. The molecule has 0 radical (unpaired) electrons. The minimum absolute atomic E-state index is 0.139. The molecule has 0 atom stereocenters. The maximum atomic E-state index is 11.5. The molecule has 0 aromatic rings. The Hall–Kier alpha value is -0.513. The van der Waals surface area contributed by atoms with E-state index in [9.17, 15) is 4.79 Å². The van der Waals surface area contributed by atoms with Crippen molar-refractivity contribution in [3.05, 3.63) is 0 Å². The fourth-order valence-corrected chi connectivity index (χ4v) is 3.34. The summed E-state index contributed by atoms with van der Waals surface area (Å²) in [5.41, 5.74) is 0. The first-order chi connectivity index (χ1) is 14.7. The Kier molecular flexibility index (Phi) is 18.7. The second kappa shape index (κ2) is 19.0. The maximum Gasteiger partial charge on any atom is 0.305 e. The minimum Gasteiger partial charge on any atom is -0.463 e. The van der Waals surface area contributed by atoms with Crippen LogP contribution in [0.2, 0.25) is 18.1 Å². The third kappa shape index (κ3) is 18.7. The van der Waals surface area contributed by atoms with E-state index in [1.807, 2.05) is 0 Å². The molecular weight excluding hydrogens is 416 g/mol. The van der Waals surface area contributed by atoms with Crippen molar-refractivity contribution in [2.45, 2.75) is 77.9 Å². The molecule has 0 aliphatic heterocycles. The van der Waals surface area contributed by atoms with E-state index in [0.29, 0.717) is 72.5 Å². The fourth-order valence-electron chi connectivity index (χ4n) is 2.32. The smallest absolute Gasteiger partial charge is 0.305 e. The highest BCUT2D eigenvalue weighted by molar-refractivity contribution is 6.74. The Balaban J connectivity index is 3.26. The molecule has 0 fully saturated rings. The molecule has 186 valence electrons. The maximum absolute atomic E-state index is 11.5. The summed E-state index contributed by atoms with van der Waals surface area (Å²) in [6.45, 7) is 18.4. The molecule has 0 heterocycles. The van der Waals surface area contributed by atoms with E-state index in [1.54, 1.807) is 0 Å². The molecule has 0 aromatic heterocycles. The van der Waals surface area contributed by atoms with Crippen LogP contribution in [0, 0.1) is 0 Å². The number of carbonyl (C=O) groups is 1. The SMILES string of the molecule is CCCCCCC(=O)OCCOCCOCCOCCOCCO[Si](C)(C)C(C)(C)C. The number of esters is 1. The summed E-state index contributed by atoms with van der Waals surface area (Å²) in [6.07, 6.45) is 4.82. The molecule has 0 saturated heterocycles. The largest absolute Gasteiger partial charge is 0.463 e. The van der Waals surface area contributed by atoms with Gasteiger partial charge in [-0.15, -0.1) is 0 Å². The van der Waals surface area contributed by atoms with Crippen molar-refractivity contribution in [1.82, 2.24) is 0 Å². The zero-order valence-corrected chi connectivity index (χ0v) is 22.0. The normalized spacial score (nSPS) is 12.3. The average Bonchev–Trinajstić information content (AvgIpc) is 2.70. The Bertz CT molecular complexity index is 425. The van der Waals surface area contributed by atoms with Gasteiger partial charge in [-0.2, -0.15) is 0 Å². The molecule has 0 aliphatic rings. The Morgan fingerprint density at radius 3 is 1.58 bits per heavy atom. The van der Waals surface area contributed by atoms with Crippen molar-refractivity contribution >= 4 is 14.3 Å². The standard InChI is InChI=1S/C23H48O7Si/c1-7-8-9-10-11-22(24)29-20-18-27-16-14-25-12-13-26-15-17-28-19-21-30-31(5,6)23(2,3)4/h7-21H2,1-6H3. The van der Waals surface area contributed by atoms with Gasteiger partial charge in [-0.25, -0.2) is 0 Å². The Morgan fingerprint density at radius 2 is 1.13 bits per heavy atom. The summed E-state index contributed by atoms with van der Waals surface area (Å²) in [6, 6.07) is 0. The minimum atomic E-state index is -1.68. The molecule has 0 aromatic carbocycles. The van der Waals surface area contributed by atoms with Crippen LogP contribution >= 0.6 is 0 Å². The highest BCUT2D eigenvalue weighted by atomic mass is 28.4. The molecule has 0 bridgehead atoms. The van der Waals surface area contributed by atoms with Crippen LogP contribution in [-0.4, -0.2) is 80.4 Å². The first-order valence-electron chi connectivity index (χ1n) is 11.8. The van der Waals surface area contributed by atoms with E-state index in [2.05, 4.69) is 40.8 Å². The van der Waals surface area contributed by atoms with Crippen LogP contribution in [-0.2, 0) is 32.9 Å². The lowest BCUT2D eigenvalue weighted by Crippen LogP contribution is -2.41. The van der Waals surface area contributed by atoms with E-state index in [-0.39, 0.29) is 11.0 Å². The molecular formula is C23H48O7Si. The van der Waals surface area contributed by atoms with Crippen LogP contribution in [0.3, 0.4) is 0 Å². The molecule has 0 aliphatic carbocycles. The van der Waals surface area contributed by atoms with Crippen LogP contribution in [0.5, 0.6) is 0 Å². The molecule has 0 saturated carbocycles. The summed E-state index contributed by atoms with van der Waals surface area (Å²) in [7, 11) is -1.68. The van der Waals surface area contributed by atoms with Gasteiger partial charge in [0.1, 0.15) is 6.61 Å². The van der Waals surface area contributed by atoms with Crippen LogP contribution in [0.1, 0.15) is 59.8 Å². The highest BCUT2D eigenvalue weighted by Gasteiger charge is 2.36. The van der Waals surface area contributed by atoms with Crippen molar-refractivity contribution in [3.8, 4) is 0 Å². The molecule has 31 heavy (non-hydrogen) atoms. The summed E-state index contributed by atoms with van der Waals surface area (Å²) in [5.74, 6) is -0.139. The lowest BCUT2D eigenvalue weighted by Gasteiger charge is -2.36. The van der Waals surface area contributed by atoms with Gasteiger partial charge in [-0.05, 0) is 24.6 Å². The second-order valence-corrected chi connectivity index (χ2v) is 13.9. The third-order valence-electron chi connectivity index (χ3n) is 5.34. The number of hydrogen-bond acceptors (Lipinski definition) is 7. The van der Waals surface area contributed by atoms with Crippen LogP contribution < -0.4 is 0 Å². The molecule has 0 rings (SSSR count). The quantitative estimate of drug-likeness (QED) is 0.140. The van der Waals surface area contributed by atoms with Crippen molar-refractivity contribution in [2.24, 2.45) is 0 Å². The van der Waals surface area contributed by atoms with Gasteiger partial charge < -0.3 is 28.1 Å². The zero-order valence-electron chi connectivity index (χ0n) is 21.0. The van der Waals surface area contributed by atoms with Gasteiger partial charge >= 0.3 is 5.97 Å². The van der Waals surface area contributed by atoms with E-state index in [1.165, 1.54) is 12.8 Å². The van der Waals surface area contributed by atoms with Gasteiger partial charge in [0.05, 0.1) is 59.5 Å². The van der Waals surface area contributed by atoms with Crippen molar-refractivity contribution in [3.63, 3.8) is 0 Å². The lowest BCUT2D eigenvalue weighted by atomic mass is 10.2. The number of ether oxygens (including phenoxy) is 5.